The number of rotatable bonds is 8. The van der Waals surface area contributed by atoms with Gasteiger partial charge < -0.3 is 9.90 Å². The number of hydrogen-bond donors (Lipinski definition) is 0. The maximum absolute atomic E-state index is 10.7. The topological polar surface area (TPSA) is 64.8 Å². The number of carbonyl (C=O) groups is 1. The number of aromatic carboxylic acids is 1. The molecule has 0 spiro atoms. The van der Waals surface area contributed by atoms with Crippen LogP contribution in [0.15, 0.2) is 58.8 Å². The van der Waals surface area contributed by atoms with Crippen LogP contribution in [0.25, 0.3) is 0 Å². The Morgan fingerprint density at radius 1 is 0.875 bits per heavy atom. The number of carbonyl (C=O) groups excluding carboxylic acids is 1. The third-order valence-electron chi connectivity index (χ3n) is 3.64. The monoisotopic (exact) mass is 332 g/mol. The molecule has 0 bridgehead atoms. The van der Waals surface area contributed by atoms with E-state index in [1.165, 1.54) is 43.4 Å². The summed E-state index contributed by atoms with van der Waals surface area (Å²) in [5, 5.41) is 18.9. The zero-order chi connectivity index (χ0) is 16.5. The van der Waals surface area contributed by atoms with E-state index < -0.39 is 5.97 Å². The summed E-state index contributed by atoms with van der Waals surface area (Å²) in [5.74, 6) is -1.19. The zero-order valence-electron chi connectivity index (χ0n) is 14.4. The van der Waals surface area contributed by atoms with Gasteiger partial charge >= 0.3 is 29.6 Å². The molecule has 0 saturated heterocycles. The van der Waals surface area contributed by atoms with Gasteiger partial charge in [0.15, 0.2) is 0 Å². The molecular weight excluding hydrogens is 311 g/mol. The molecular formula is C19H21N2NaO2. The van der Waals surface area contributed by atoms with Gasteiger partial charge in [0.1, 0.15) is 0 Å². The van der Waals surface area contributed by atoms with Gasteiger partial charge in [-0.25, -0.2) is 0 Å². The minimum Gasteiger partial charge on any atom is -0.545 e. The Morgan fingerprint density at radius 3 is 1.92 bits per heavy atom. The molecule has 2 aromatic rings. The molecule has 24 heavy (non-hydrogen) atoms. The summed E-state index contributed by atoms with van der Waals surface area (Å²) < 4.78 is 0. The molecule has 0 aromatic heterocycles. The van der Waals surface area contributed by atoms with E-state index in [-0.39, 0.29) is 35.1 Å². The number of azo groups is 1. The van der Waals surface area contributed by atoms with Gasteiger partial charge in [-0.05, 0) is 48.2 Å². The number of hydrogen-bond acceptors (Lipinski definition) is 4. The van der Waals surface area contributed by atoms with Gasteiger partial charge in [0.05, 0.1) is 17.3 Å². The molecule has 0 heterocycles. The summed E-state index contributed by atoms with van der Waals surface area (Å²) in [5.41, 5.74) is 2.85. The molecule has 0 fully saturated rings. The number of aryl methyl sites for hydroxylation is 1. The van der Waals surface area contributed by atoms with Crippen molar-refractivity contribution in [1.29, 1.82) is 0 Å². The largest absolute Gasteiger partial charge is 1.00 e. The van der Waals surface area contributed by atoms with Crippen molar-refractivity contribution in [3.63, 3.8) is 0 Å². The van der Waals surface area contributed by atoms with E-state index in [0.717, 1.165) is 12.1 Å². The van der Waals surface area contributed by atoms with Crippen molar-refractivity contribution in [1.82, 2.24) is 0 Å². The summed E-state index contributed by atoms with van der Waals surface area (Å²) >= 11 is 0. The summed E-state index contributed by atoms with van der Waals surface area (Å²) in [6.07, 6.45) is 6.15. The number of carboxylic acid groups (broad SMARTS) is 1. The SMILES string of the molecule is CCCCCCc1ccc(N=Nc2ccc(C(=O)[O-])cc2)cc1.[Na+]. The van der Waals surface area contributed by atoms with Crippen molar-refractivity contribution in [2.45, 2.75) is 39.0 Å². The summed E-state index contributed by atoms with van der Waals surface area (Å²) in [6.45, 7) is 2.21. The van der Waals surface area contributed by atoms with Crippen LogP contribution in [0, 0.1) is 0 Å². The van der Waals surface area contributed by atoms with Gasteiger partial charge in [0.2, 0.25) is 0 Å². The van der Waals surface area contributed by atoms with E-state index in [4.69, 9.17) is 0 Å². The van der Waals surface area contributed by atoms with Crippen LogP contribution in [0.5, 0.6) is 0 Å². The van der Waals surface area contributed by atoms with E-state index in [1.807, 2.05) is 12.1 Å². The van der Waals surface area contributed by atoms with Crippen LogP contribution < -0.4 is 34.7 Å². The first kappa shape index (κ1) is 20.6. The Kier molecular flexibility index (Phi) is 9.53. The Labute approximate surface area is 165 Å². The van der Waals surface area contributed by atoms with Crippen molar-refractivity contribution in [3.05, 3.63) is 59.7 Å². The van der Waals surface area contributed by atoms with Gasteiger partial charge in [0, 0.05) is 0 Å². The van der Waals surface area contributed by atoms with Crippen LogP contribution in [-0.4, -0.2) is 5.97 Å². The van der Waals surface area contributed by atoms with Gasteiger partial charge in [0.25, 0.3) is 0 Å². The Bertz CT molecular complexity index is 652. The summed E-state index contributed by atoms with van der Waals surface area (Å²) in [6, 6.07) is 14.2. The molecule has 0 aliphatic heterocycles. The summed E-state index contributed by atoms with van der Waals surface area (Å²) in [4.78, 5) is 10.7. The average molecular weight is 332 g/mol. The molecule has 0 radical (unpaired) electrons. The van der Waals surface area contributed by atoms with Gasteiger partial charge in [-0.3, -0.25) is 0 Å². The van der Waals surface area contributed by atoms with Crippen LogP contribution in [0.4, 0.5) is 11.4 Å². The first-order valence-electron chi connectivity index (χ1n) is 8.01. The van der Waals surface area contributed by atoms with Crippen LogP contribution in [0.3, 0.4) is 0 Å². The fourth-order valence-electron chi connectivity index (χ4n) is 2.26. The maximum Gasteiger partial charge on any atom is 1.00 e. The smallest absolute Gasteiger partial charge is 0.545 e. The zero-order valence-corrected chi connectivity index (χ0v) is 16.4. The Morgan fingerprint density at radius 2 is 1.42 bits per heavy atom. The number of benzene rings is 2. The van der Waals surface area contributed by atoms with Crippen molar-refractivity contribution < 1.29 is 39.5 Å². The van der Waals surface area contributed by atoms with Gasteiger partial charge in [-0.1, -0.05) is 50.5 Å². The molecule has 0 aliphatic carbocycles. The fraction of sp³-hybridized carbons (Fsp3) is 0.316. The van der Waals surface area contributed by atoms with Crippen LogP contribution in [0.2, 0.25) is 0 Å². The molecule has 0 unspecified atom stereocenters. The molecule has 0 saturated carbocycles. The first-order valence-corrected chi connectivity index (χ1v) is 8.01. The molecule has 5 heteroatoms. The molecule has 0 amide bonds. The van der Waals surface area contributed by atoms with Crippen LogP contribution in [-0.2, 0) is 6.42 Å². The second-order valence-corrected chi connectivity index (χ2v) is 5.51. The third-order valence-corrected chi connectivity index (χ3v) is 3.64. The van der Waals surface area contributed by atoms with Crippen molar-refractivity contribution >= 4 is 17.3 Å². The minimum atomic E-state index is -1.19. The van der Waals surface area contributed by atoms with Gasteiger partial charge in [-0.2, -0.15) is 10.2 Å². The van der Waals surface area contributed by atoms with E-state index in [1.54, 1.807) is 12.1 Å². The quantitative estimate of drug-likeness (QED) is 0.419. The second kappa shape index (κ2) is 11.1. The van der Waals surface area contributed by atoms with Crippen molar-refractivity contribution in [3.8, 4) is 0 Å². The molecule has 2 rings (SSSR count). The maximum atomic E-state index is 10.7. The van der Waals surface area contributed by atoms with Crippen LogP contribution in [0.1, 0.15) is 48.5 Å². The average Bonchev–Trinajstić information content (AvgIpc) is 2.58. The molecule has 0 aliphatic rings. The standard InChI is InChI=1S/C19H22N2O2.Na/c1-2-3-4-5-6-15-7-11-17(12-8-15)20-21-18-13-9-16(10-14-18)19(22)23;/h7-14H,2-6H2,1H3,(H,22,23);/q;+1/p-1. The minimum absolute atomic E-state index is 0. The molecule has 0 N–H and O–H groups in total. The van der Waals surface area contributed by atoms with Gasteiger partial charge in [-0.15, -0.1) is 0 Å². The Hall–Kier alpha value is -1.49. The summed E-state index contributed by atoms with van der Waals surface area (Å²) in [7, 11) is 0. The van der Waals surface area contributed by atoms with Crippen molar-refractivity contribution in [2.75, 3.05) is 0 Å². The van der Waals surface area contributed by atoms with E-state index in [9.17, 15) is 9.90 Å². The van der Waals surface area contributed by atoms with Crippen LogP contribution >= 0.6 is 0 Å². The normalized spacial score (nSPS) is 10.5. The second-order valence-electron chi connectivity index (χ2n) is 5.51. The fourth-order valence-corrected chi connectivity index (χ4v) is 2.26. The molecule has 120 valence electrons. The predicted octanol–water partition coefficient (Wildman–Crippen LogP) is 1.59. The van der Waals surface area contributed by atoms with E-state index in [2.05, 4.69) is 29.3 Å². The predicted molar refractivity (Wildman–Crippen MR) is 89.2 cm³/mol. The first-order chi connectivity index (χ1) is 11.2. The third kappa shape index (κ3) is 6.95. The molecule has 2 aromatic carbocycles. The molecule has 4 nitrogen and oxygen atoms in total. The van der Waals surface area contributed by atoms with E-state index >= 15 is 0 Å². The van der Waals surface area contributed by atoms with Crippen molar-refractivity contribution in [2.24, 2.45) is 10.2 Å². The number of carboxylic acids is 1. The van der Waals surface area contributed by atoms with E-state index in [0.29, 0.717) is 5.69 Å². The number of unbranched alkanes of at least 4 members (excludes halogenated alkanes) is 3. The Balaban J connectivity index is 0.00000288. The molecule has 0 atom stereocenters. The number of nitrogens with zero attached hydrogens (tertiary/aromatic N) is 2.